The normalized spacial score (nSPS) is 11.3. The van der Waals surface area contributed by atoms with Crippen molar-refractivity contribution in [2.24, 2.45) is 0 Å². The number of benzene rings is 2. The van der Waals surface area contributed by atoms with Crippen molar-refractivity contribution in [3.8, 4) is 0 Å². The number of nitrogen functional groups attached to an aromatic ring is 1. The van der Waals surface area contributed by atoms with Crippen molar-refractivity contribution in [1.82, 2.24) is 0 Å². The Morgan fingerprint density at radius 1 is 1.20 bits per heavy atom. The second-order valence-corrected chi connectivity index (χ2v) is 6.34. The maximum absolute atomic E-state index is 13.1. The predicted octanol–water partition coefficient (Wildman–Crippen LogP) is 3.17. The van der Waals surface area contributed by atoms with Crippen LogP contribution in [0, 0.1) is 12.7 Å². The standard InChI is InChI=1S/C13H12ClFN2O2S/c1-8-2-3-9(14)6-13(8)20(18,19)17-10-4-5-11(15)12(16)7-10/h2-7,17H,16H2,1H3. The molecule has 0 heterocycles. The van der Waals surface area contributed by atoms with Crippen LogP contribution in [0.25, 0.3) is 0 Å². The molecule has 20 heavy (non-hydrogen) atoms. The van der Waals surface area contributed by atoms with Crippen molar-refractivity contribution >= 4 is 33.0 Å². The molecule has 0 amide bonds. The van der Waals surface area contributed by atoms with E-state index in [9.17, 15) is 12.8 Å². The van der Waals surface area contributed by atoms with Gasteiger partial charge < -0.3 is 5.73 Å². The van der Waals surface area contributed by atoms with E-state index < -0.39 is 15.8 Å². The number of nitrogens with one attached hydrogen (secondary N) is 1. The number of halogens is 2. The van der Waals surface area contributed by atoms with Crippen LogP contribution in [-0.2, 0) is 10.0 Å². The van der Waals surface area contributed by atoms with Gasteiger partial charge in [-0.25, -0.2) is 12.8 Å². The summed E-state index contributed by atoms with van der Waals surface area (Å²) in [6, 6.07) is 8.17. The van der Waals surface area contributed by atoms with Gasteiger partial charge in [0.05, 0.1) is 16.3 Å². The van der Waals surface area contributed by atoms with E-state index in [2.05, 4.69) is 4.72 Å². The number of nitrogens with two attached hydrogens (primary N) is 1. The SMILES string of the molecule is Cc1ccc(Cl)cc1S(=O)(=O)Nc1ccc(F)c(N)c1. The van der Waals surface area contributed by atoms with Crippen molar-refractivity contribution < 1.29 is 12.8 Å². The Kier molecular flexibility index (Phi) is 3.87. The molecular formula is C13H12ClFN2O2S. The molecule has 0 aliphatic heterocycles. The summed E-state index contributed by atoms with van der Waals surface area (Å²) >= 11 is 5.81. The topological polar surface area (TPSA) is 72.2 Å². The molecular weight excluding hydrogens is 303 g/mol. The second kappa shape index (κ2) is 5.30. The molecule has 0 saturated heterocycles. The molecule has 106 valence electrons. The first kappa shape index (κ1) is 14.6. The van der Waals surface area contributed by atoms with E-state index in [0.717, 1.165) is 6.07 Å². The number of rotatable bonds is 3. The van der Waals surface area contributed by atoms with Crippen LogP contribution in [0.3, 0.4) is 0 Å². The zero-order chi connectivity index (χ0) is 14.9. The third-order valence-corrected chi connectivity index (χ3v) is 4.45. The van der Waals surface area contributed by atoms with Crippen LogP contribution in [0.5, 0.6) is 0 Å². The van der Waals surface area contributed by atoms with E-state index in [1.807, 2.05) is 0 Å². The second-order valence-electron chi connectivity index (χ2n) is 4.25. The molecule has 0 aliphatic rings. The van der Waals surface area contributed by atoms with Gasteiger partial charge in [-0.15, -0.1) is 0 Å². The van der Waals surface area contributed by atoms with E-state index >= 15 is 0 Å². The van der Waals surface area contributed by atoms with Gasteiger partial charge in [0, 0.05) is 5.02 Å². The number of anilines is 2. The Bertz CT molecular complexity index is 763. The first-order chi connectivity index (χ1) is 9.29. The Morgan fingerprint density at radius 3 is 2.55 bits per heavy atom. The summed E-state index contributed by atoms with van der Waals surface area (Å²) in [4.78, 5) is 0.0629. The lowest BCUT2D eigenvalue weighted by molar-refractivity contribution is 0.600. The highest BCUT2D eigenvalue weighted by Gasteiger charge is 2.17. The molecule has 7 heteroatoms. The average Bonchev–Trinajstić information content (AvgIpc) is 2.36. The van der Waals surface area contributed by atoms with Crippen LogP contribution in [0.15, 0.2) is 41.3 Å². The Hall–Kier alpha value is -1.79. The van der Waals surface area contributed by atoms with Crippen LogP contribution in [0.2, 0.25) is 5.02 Å². The van der Waals surface area contributed by atoms with E-state index in [1.165, 1.54) is 18.2 Å². The smallest absolute Gasteiger partial charge is 0.262 e. The van der Waals surface area contributed by atoms with E-state index in [1.54, 1.807) is 19.1 Å². The molecule has 0 spiro atoms. The predicted molar refractivity (Wildman–Crippen MR) is 77.8 cm³/mol. The minimum atomic E-state index is -3.81. The fourth-order valence-corrected chi connectivity index (χ4v) is 3.24. The van der Waals surface area contributed by atoms with Crippen molar-refractivity contribution in [3.05, 3.63) is 52.8 Å². The molecule has 0 aromatic heterocycles. The third kappa shape index (κ3) is 3.02. The Morgan fingerprint density at radius 2 is 1.90 bits per heavy atom. The molecule has 0 atom stereocenters. The van der Waals surface area contributed by atoms with Gasteiger partial charge in [0.1, 0.15) is 5.82 Å². The summed E-state index contributed by atoms with van der Waals surface area (Å²) in [5, 5.41) is 0.314. The zero-order valence-corrected chi connectivity index (χ0v) is 12.1. The summed E-state index contributed by atoms with van der Waals surface area (Å²) in [6.07, 6.45) is 0. The van der Waals surface area contributed by atoms with Crippen molar-refractivity contribution in [2.75, 3.05) is 10.5 Å². The lowest BCUT2D eigenvalue weighted by Crippen LogP contribution is -2.14. The minimum Gasteiger partial charge on any atom is -0.396 e. The van der Waals surface area contributed by atoms with Gasteiger partial charge in [0.25, 0.3) is 10.0 Å². The highest BCUT2D eigenvalue weighted by molar-refractivity contribution is 7.92. The molecule has 2 rings (SSSR count). The third-order valence-electron chi connectivity index (χ3n) is 2.69. The van der Waals surface area contributed by atoms with Crippen LogP contribution in [0.1, 0.15) is 5.56 Å². The lowest BCUT2D eigenvalue weighted by Gasteiger charge is -2.11. The van der Waals surface area contributed by atoms with Gasteiger partial charge in [-0.3, -0.25) is 4.72 Å². The number of hydrogen-bond acceptors (Lipinski definition) is 3. The van der Waals surface area contributed by atoms with E-state index in [0.29, 0.717) is 10.6 Å². The largest absolute Gasteiger partial charge is 0.396 e. The van der Waals surface area contributed by atoms with E-state index in [-0.39, 0.29) is 16.3 Å². The van der Waals surface area contributed by atoms with Crippen LogP contribution in [0.4, 0.5) is 15.8 Å². The molecule has 0 aliphatic carbocycles. The Balaban J connectivity index is 2.40. The van der Waals surface area contributed by atoms with E-state index in [4.69, 9.17) is 17.3 Å². The van der Waals surface area contributed by atoms with Crippen molar-refractivity contribution in [3.63, 3.8) is 0 Å². The van der Waals surface area contributed by atoms with Gasteiger partial charge in [0.2, 0.25) is 0 Å². The molecule has 0 fully saturated rings. The van der Waals surface area contributed by atoms with Crippen LogP contribution < -0.4 is 10.5 Å². The maximum atomic E-state index is 13.1. The highest BCUT2D eigenvalue weighted by Crippen LogP contribution is 2.24. The number of hydrogen-bond donors (Lipinski definition) is 2. The van der Waals surface area contributed by atoms with Crippen LogP contribution in [-0.4, -0.2) is 8.42 Å². The summed E-state index contributed by atoms with van der Waals surface area (Å²) in [6.45, 7) is 1.66. The maximum Gasteiger partial charge on any atom is 0.262 e. The lowest BCUT2D eigenvalue weighted by atomic mass is 10.2. The van der Waals surface area contributed by atoms with Crippen LogP contribution >= 0.6 is 11.6 Å². The Labute approximate surface area is 121 Å². The van der Waals surface area contributed by atoms with Gasteiger partial charge in [-0.1, -0.05) is 17.7 Å². The fraction of sp³-hybridized carbons (Fsp3) is 0.0769. The number of aryl methyl sites for hydroxylation is 1. The monoisotopic (exact) mass is 314 g/mol. The quantitative estimate of drug-likeness (QED) is 0.855. The minimum absolute atomic E-state index is 0.0629. The summed E-state index contributed by atoms with van der Waals surface area (Å²) in [5.41, 5.74) is 6.01. The van der Waals surface area contributed by atoms with Crippen molar-refractivity contribution in [2.45, 2.75) is 11.8 Å². The van der Waals surface area contributed by atoms with Gasteiger partial charge in [0.15, 0.2) is 0 Å². The molecule has 2 aromatic rings. The van der Waals surface area contributed by atoms with Gasteiger partial charge in [-0.05, 0) is 42.8 Å². The first-order valence-electron chi connectivity index (χ1n) is 5.63. The first-order valence-corrected chi connectivity index (χ1v) is 7.50. The highest BCUT2D eigenvalue weighted by atomic mass is 35.5. The summed E-state index contributed by atoms with van der Waals surface area (Å²) in [5.74, 6) is -0.605. The molecule has 0 bridgehead atoms. The molecule has 4 nitrogen and oxygen atoms in total. The fourth-order valence-electron chi connectivity index (χ4n) is 1.68. The summed E-state index contributed by atoms with van der Waals surface area (Å²) in [7, 11) is -3.81. The zero-order valence-electron chi connectivity index (χ0n) is 10.5. The average molecular weight is 315 g/mol. The molecule has 0 saturated carbocycles. The van der Waals surface area contributed by atoms with Gasteiger partial charge >= 0.3 is 0 Å². The number of sulfonamides is 1. The molecule has 2 aromatic carbocycles. The summed E-state index contributed by atoms with van der Waals surface area (Å²) < 4.78 is 39.9. The van der Waals surface area contributed by atoms with Crippen molar-refractivity contribution in [1.29, 1.82) is 0 Å². The molecule has 0 radical (unpaired) electrons. The van der Waals surface area contributed by atoms with Gasteiger partial charge in [-0.2, -0.15) is 0 Å². The molecule has 0 unspecified atom stereocenters. The molecule has 3 N–H and O–H groups in total.